The molecule has 4 N–H and O–H groups in total. The van der Waals surface area contributed by atoms with E-state index in [1.54, 1.807) is 0 Å². The molecule has 4 heteroatoms. The van der Waals surface area contributed by atoms with Crippen LogP contribution in [-0.4, -0.2) is 32.5 Å². The van der Waals surface area contributed by atoms with Gasteiger partial charge in [-0.1, -0.05) is 0 Å². The highest BCUT2D eigenvalue weighted by Gasteiger charge is 2.20. The molecular weight excluding hydrogens is 112 g/mol. The molecule has 0 aromatic rings. The van der Waals surface area contributed by atoms with Crippen molar-refractivity contribution in [1.29, 1.82) is 0 Å². The third-order valence-electron chi connectivity index (χ3n) is 0.569. The Morgan fingerprint density at radius 1 is 1.38 bits per heavy atom. The van der Waals surface area contributed by atoms with Crippen LogP contribution in [0.4, 0.5) is 0 Å². The molecule has 0 aliphatic heterocycles. The van der Waals surface area contributed by atoms with Crippen molar-refractivity contribution in [2.75, 3.05) is 0 Å². The minimum absolute atomic E-state index is 0.451. The molecule has 8 heavy (non-hydrogen) atoms. The van der Waals surface area contributed by atoms with Crippen LogP contribution in [0.1, 0.15) is 13.3 Å². The lowest BCUT2D eigenvalue weighted by molar-refractivity contribution is -0.321. The van der Waals surface area contributed by atoms with Gasteiger partial charge in [0.25, 0.3) is 5.97 Å². The summed E-state index contributed by atoms with van der Waals surface area (Å²) in [6.45, 7) is 1.34. The van der Waals surface area contributed by atoms with Crippen molar-refractivity contribution < 1.29 is 20.4 Å². The lowest BCUT2D eigenvalue weighted by Gasteiger charge is -2.14. The Bertz CT molecular complexity index is 62.9. The number of aliphatic hydroxyl groups is 4. The Labute approximate surface area is 47.0 Å². The Kier molecular flexibility index (Phi) is 2.36. The Balaban J connectivity index is 3.39. The summed E-state index contributed by atoms with van der Waals surface area (Å²) in [5.74, 6) is -2.73. The third kappa shape index (κ3) is 5.84. The van der Waals surface area contributed by atoms with Crippen LogP contribution in [0.2, 0.25) is 0 Å². The smallest absolute Gasteiger partial charge is 0.277 e. The van der Waals surface area contributed by atoms with Crippen LogP contribution in [0, 0.1) is 0 Å². The summed E-state index contributed by atoms with van der Waals surface area (Å²) in [4.78, 5) is 0. The zero-order valence-corrected chi connectivity index (χ0v) is 4.57. The van der Waals surface area contributed by atoms with E-state index in [4.69, 9.17) is 20.4 Å². The molecule has 0 aliphatic carbocycles. The molecule has 0 saturated carbocycles. The first kappa shape index (κ1) is 7.84. The van der Waals surface area contributed by atoms with E-state index >= 15 is 0 Å². The second-order valence-electron chi connectivity index (χ2n) is 1.83. The number of rotatable bonds is 2. The summed E-state index contributed by atoms with van der Waals surface area (Å²) in [6.07, 6.45) is -1.36. The Morgan fingerprint density at radius 3 is 1.75 bits per heavy atom. The quantitative estimate of drug-likeness (QED) is 0.332. The zero-order valence-electron chi connectivity index (χ0n) is 4.57. The first-order chi connectivity index (χ1) is 3.42. The maximum absolute atomic E-state index is 8.41. The minimum Gasteiger partial charge on any atom is -0.393 e. The first-order valence-electron chi connectivity index (χ1n) is 2.27. The molecule has 0 radical (unpaired) electrons. The first-order valence-corrected chi connectivity index (χ1v) is 2.27. The van der Waals surface area contributed by atoms with Gasteiger partial charge in [0, 0.05) is 0 Å². The van der Waals surface area contributed by atoms with Crippen LogP contribution in [0.3, 0.4) is 0 Å². The Morgan fingerprint density at radius 2 is 1.75 bits per heavy atom. The number of aliphatic hydroxyl groups excluding tert-OH is 1. The molecule has 0 aromatic heterocycles. The van der Waals surface area contributed by atoms with Gasteiger partial charge in [-0.15, -0.1) is 0 Å². The van der Waals surface area contributed by atoms with Gasteiger partial charge in [-0.3, -0.25) is 0 Å². The highest BCUT2D eigenvalue weighted by molar-refractivity contribution is 4.52. The molecule has 50 valence electrons. The van der Waals surface area contributed by atoms with E-state index < -0.39 is 18.5 Å². The van der Waals surface area contributed by atoms with Gasteiger partial charge in [-0.25, -0.2) is 0 Å². The van der Waals surface area contributed by atoms with Crippen molar-refractivity contribution in [2.45, 2.75) is 25.4 Å². The van der Waals surface area contributed by atoms with E-state index in [-0.39, 0.29) is 0 Å². The van der Waals surface area contributed by atoms with Gasteiger partial charge < -0.3 is 20.4 Å². The van der Waals surface area contributed by atoms with Crippen molar-refractivity contribution >= 4 is 0 Å². The van der Waals surface area contributed by atoms with E-state index in [1.807, 2.05) is 0 Å². The molecule has 0 aromatic carbocycles. The van der Waals surface area contributed by atoms with E-state index in [2.05, 4.69) is 0 Å². The molecule has 1 atom stereocenters. The second-order valence-corrected chi connectivity index (χ2v) is 1.83. The van der Waals surface area contributed by atoms with E-state index in [0.717, 1.165) is 0 Å². The Hall–Kier alpha value is -0.160. The molecular formula is C4H10O4. The molecule has 0 spiro atoms. The van der Waals surface area contributed by atoms with Gasteiger partial charge in [0.15, 0.2) is 0 Å². The highest BCUT2D eigenvalue weighted by atomic mass is 16.7. The summed E-state index contributed by atoms with van der Waals surface area (Å²) in [5, 5.41) is 32.8. The largest absolute Gasteiger partial charge is 0.393 e. The van der Waals surface area contributed by atoms with Crippen molar-refractivity contribution in [2.24, 2.45) is 0 Å². The molecule has 0 heterocycles. The van der Waals surface area contributed by atoms with E-state index in [9.17, 15) is 0 Å². The predicted molar refractivity (Wildman–Crippen MR) is 25.7 cm³/mol. The van der Waals surface area contributed by atoms with Gasteiger partial charge in [0.1, 0.15) is 0 Å². The normalized spacial score (nSPS) is 16.1. The predicted octanol–water partition coefficient (Wildman–Crippen LogP) is -1.61. The fourth-order valence-corrected chi connectivity index (χ4v) is 0.396. The third-order valence-corrected chi connectivity index (χ3v) is 0.569. The molecule has 0 rings (SSSR count). The summed E-state index contributed by atoms with van der Waals surface area (Å²) in [7, 11) is 0. The van der Waals surface area contributed by atoms with Crippen molar-refractivity contribution in [3.05, 3.63) is 0 Å². The fourth-order valence-electron chi connectivity index (χ4n) is 0.396. The maximum atomic E-state index is 8.41. The molecule has 0 amide bonds. The molecule has 0 saturated heterocycles. The molecule has 1 unspecified atom stereocenters. The van der Waals surface area contributed by atoms with Crippen LogP contribution in [0.15, 0.2) is 0 Å². The van der Waals surface area contributed by atoms with Gasteiger partial charge in [-0.2, -0.15) is 0 Å². The average Bonchev–Trinajstić information content (AvgIpc) is 1.21. The SMILES string of the molecule is CC(O)CC(O)(O)O. The van der Waals surface area contributed by atoms with Gasteiger partial charge >= 0.3 is 0 Å². The lowest BCUT2D eigenvalue weighted by atomic mass is 10.2. The summed E-state index contributed by atoms with van der Waals surface area (Å²) in [5.41, 5.74) is 0. The van der Waals surface area contributed by atoms with Crippen LogP contribution >= 0.6 is 0 Å². The average molecular weight is 122 g/mol. The van der Waals surface area contributed by atoms with Crippen LogP contribution in [0.5, 0.6) is 0 Å². The topological polar surface area (TPSA) is 80.9 Å². The van der Waals surface area contributed by atoms with Crippen molar-refractivity contribution in [3.8, 4) is 0 Å². The summed E-state index contributed by atoms with van der Waals surface area (Å²) in [6, 6.07) is 0. The van der Waals surface area contributed by atoms with Crippen LogP contribution in [0.25, 0.3) is 0 Å². The van der Waals surface area contributed by atoms with Crippen LogP contribution in [-0.2, 0) is 0 Å². The molecule has 0 fully saturated rings. The number of hydrogen-bond donors (Lipinski definition) is 4. The zero-order chi connectivity index (χ0) is 6.78. The van der Waals surface area contributed by atoms with Crippen LogP contribution < -0.4 is 0 Å². The number of hydrogen-bond acceptors (Lipinski definition) is 4. The fraction of sp³-hybridized carbons (Fsp3) is 1.00. The summed E-state index contributed by atoms with van der Waals surface area (Å²) < 4.78 is 0. The highest BCUT2D eigenvalue weighted by Crippen LogP contribution is 2.02. The van der Waals surface area contributed by atoms with E-state index in [1.165, 1.54) is 6.92 Å². The second kappa shape index (κ2) is 2.41. The molecule has 4 nitrogen and oxygen atoms in total. The summed E-state index contributed by atoms with van der Waals surface area (Å²) >= 11 is 0. The van der Waals surface area contributed by atoms with Crippen molar-refractivity contribution in [1.82, 2.24) is 0 Å². The van der Waals surface area contributed by atoms with Gasteiger partial charge in [0.05, 0.1) is 12.5 Å². The maximum Gasteiger partial charge on any atom is 0.277 e. The van der Waals surface area contributed by atoms with Crippen molar-refractivity contribution in [3.63, 3.8) is 0 Å². The standard InChI is InChI=1S/C4H10O4/c1-3(5)2-4(6,7)8/h3,5-8H,2H2,1H3. The van der Waals surface area contributed by atoms with E-state index in [0.29, 0.717) is 0 Å². The minimum atomic E-state index is -2.73. The monoisotopic (exact) mass is 122 g/mol. The molecule has 0 aliphatic rings. The van der Waals surface area contributed by atoms with Gasteiger partial charge in [0.2, 0.25) is 0 Å². The van der Waals surface area contributed by atoms with Gasteiger partial charge in [-0.05, 0) is 6.92 Å². The molecule has 0 bridgehead atoms. The lowest BCUT2D eigenvalue weighted by Crippen LogP contribution is -2.31.